The summed E-state index contributed by atoms with van der Waals surface area (Å²) in [5, 5.41) is 14.4. The van der Waals surface area contributed by atoms with E-state index in [2.05, 4.69) is 20.8 Å². The highest BCUT2D eigenvalue weighted by Gasteiger charge is 2.22. The topological polar surface area (TPSA) is 93.8 Å². The fourth-order valence-electron chi connectivity index (χ4n) is 3.88. The Hall–Kier alpha value is -2.48. The molecule has 0 aromatic carbocycles. The van der Waals surface area contributed by atoms with Crippen molar-refractivity contribution in [3.05, 3.63) is 45.4 Å². The molecule has 0 atom stereocenters. The molecule has 2 aromatic heterocycles. The van der Waals surface area contributed by atoms with Crippen LogP contribution in [0.25, 0.3) is 0 Å². The molecule has 0 spiro atoms. The molecule has 8 nitrogen and oxygen atoms in total. The number of amides is 1. The first-order valence-electron chi connectivity index (χ1n) is 9.27. The van der Waals surface area contributed by atoms with E-state index in [1.165, 1.54) is 0 Å². The molecule has 1 fully saturated rings. The lowest BCUT2D eigenvalue weighted by molar-refractivity contribution is 0.0946. The van der Waals surface area contributed by atoms with Crippen molar-refractivity contribution in [2.75, 3.05) is 13.1 Å². The van der Waals surface area contributed by atoms with E-state index < -0.39 is 0 Å². The minimum Gasteiger partial charge on any atom is -0.345 e. The Morgan fingerprint density at radius 3 is 2.96 bits per heavy atom. The predicted molar refractivity (Wildman–Crippen MR) is 96.1 cm³/mol. The minimum absolute atomic E-state index is 0.149. The van der Waals surface area contributed by atoms with Crippen molar-refractivity contribution in [3.63, 3.8) is 0 Å². The smallest absolute Gasteiger partial charge is 0.263 e. The number of pyridine rings is 1. The van der Waals surface area contributed by atoms with E-state index in [0.29, 0.717) is 5.56 Å². The Morgan fingerprint density at radius 2 is 2.15 bits per heavy atom. The van der Waals surface area contributed by atoms with Gasteiger partial charge in [0, 0.05) is 25.2 Å². The lowest BCUT2D eigenvalue weighted by Gasteiger charge is -2.25. The normalized spacial score (nSPS) is 17.3. The Kier molecular flexibility index (Phi) is 4.58. The third-order valence-corrected chi connectivity index (χ3v) is 5.35. The SMILES string of the molecule is Cc1ccn(C2CCNCC2)c(=O)c1C(=O)NCc1nnc2n1CCC2. The summed E-state index contributed by atoms with van der Waals surface area (Å²) in [6.45, 7) is 4.76. The second-order valence-corrected chi connectivity index (χ2v) is 7.04. The number of hydrogen-bond acceptors (Lipinski definition) is 5. The van der Waals surface area contributed by atoms with Crippen LogP contribution in [0.5, 0.6) is 0 Å². The molecule has 2 aliphatic rings. The van der Waals surface area contributed by atoms with Crippen LogP contribution in [0.4, 0.5) is 0 Å². The van der Waals surface area contributed by atoms with Gasteiger partial charge >= 0.3 is 0 Å². The summed E-state index contributed by atoms with van der Waals surface area (Å²) in [4.78, 5) is 25.7. The fraction of sp³-hybridized carbons (Fsp3) is 0.556. The van der Waals surface area contributed by atoms with Crippen molar-refractivity contribution in [2.24, 2.45) is 0 Å². The highest BCUT2D eigenvalue weighted by atomic mass is 16.2. The van der Waals surface area contributed by atoms with Crippen LogP contribution in [0, 0.1) is 6.92 Å². The number of carbonyl (C=O) groups is 1. The van der Waals surface area contributed by atoms with Gasteiger partial charge in [-0.2, -0.15) is 0 Å². The number of rotatable bonds is 4. The molecule has 4 rings (SSSR count). The largest absolute Gasteiger partial charge is 0.345 e. The van der Waals surface area contributed by atoms with Gasteiger partial charge in [-0.1, -0.05) is 0 Å². The first kappa shape index (κ1) is 17.0. The van der Waals surface area contributed by atoms with Crippen molar-refractivity contribution < 1.29 is 4.79 Å². The Labute approximate surface area is 151 Å². The quantitative estimate of drug-likeness (QED) is 0.834. The third-order valence-electron chi connectivity index (χ3n) is 5.35. The molecule has 8 heteroatoms. The summed E-state index contributed by atoms with van der Waals surface area (Å²) in [6, 6.07) is 2.00. The number of hydrogen-bond donors (Lipinski definition) is 2. The van der Waals surface area contributed by atoms with Gasteiger partial charge in [-0.25, -0.2) is 0 Å². The fourth-order valence-corrected chi connectivity index (χ4v) is 3.88. The van der Waals surface area contributed by atoms with Crippen LogP contribution in [0.15, 0.2) is 17.1 Å². The number of nitrogens with zero attached hydrogens (tertiary/aromatic N) is 4. The predicted octanol–water partition coefficient (Wildman–Crippen LogP) is 0.549. The molecule has 2 aromatic rings. The molecule has 0 bridgehead atoms. The highest BCUT2D eigenvalue weighted by Crippen LogP contribution is 2.17. The van der Waals surface area contributed by atoms with Crippen LogP contribution in [0.3, 0.4) is 0 Å². The number of fused-ring (bicyclic) bond motifs is 1. The van der Waals surface area contributed by atoms with Crippen molar-refractivity contribution in [2.45, 2.75) is 51.7 Å². The second-order valence-electron chi connectivity index (χ2n) is 7.04. The van der Waals surface area contributed by atoms with Gasteiger partial charge in [-0.15, -0.1) is 10.2 Å². The zero-order valence-corrected chi connectivity index (χ0v) is 15.0. The number of carbonyl (C=O) groups excluding carboxylic acids is 1. The summed E-state index contributed by atoms with van der Waals surface area (Å²) in [5.41, 5.74) is 0.720. The van der Waals surface area contributed by atoms with Crippen LogP contribution in [-0.2, 0) is 19.5 Å². The number of aryl methyl sites for hydroxylation is 2. The van der Waals surface area contributed by atoms with Gasteiger partial charge in [-0.05, 0) is 50.9 Å². The van der Waals surface area contributed by atoms with Gasteiger partial charge < -0.3 is 19.8 Å². The molecule has 0 aliphatic carbocycles. The molecule has 1 amide bonds. The summed E-state index contributed by atoms with van der Waals surface area (Å²) < 4.78 is 3.77. The van der Waals surface area contributed by atoms with Crippen LogP contribution < -0.4 is 16.2 Å². The molecule has 4 heterocycles. The number of piperidine rings is 1. The van der Waals surface area contributed by atoms with Crippen molar-refractivity contribution in [1.29, 1.82) is 0 Å². The van der Waals surface area contributed by atoms with Gasteiger partial charge in [0.2, 0.25) is 0 Å². The van der Waals surface area contributed by atoms with Gasteiger partial charge in [0.15, 0.2) is 5.82 Å². The maximum atomic E-state index is 12.9. The van der Waals surface area contributed by atoms with Crippen molar-refractivity contribution >= 4 is 5.91 Å². The monoisotopic (exact) mass is 356 g/mol. The van der Waals surface area contributed by atoms with E-state index in [4.69, 9.17) is 0 Å². The Morgan fingerprint density at radius 1 is 1.35 bits per heavy atom. The van der Waals surface area contributed by atoms with E-state index in [9.17, 15) is 9.59 Å². The average Bonchev–Trinajstić information content (AvgIpc) is 3.25. The van der Waals surface area contributed by atoms with E-state index in [-0.39, 0.29) is 29.6 Å². The zero-order chi connectivity index (χ0) is 18.1. The summed E-state index contributed by atoms with van der Waals surface area (Å²) >= 11 is 0. The first-order valence-corrected chi connectivity index (χ1v) is 9.27. The van der Waals surface area contributed by atoms with Crippen molar-refractivity contribution in [3.8, 4) is 0 Å². The summed E-state index contributed by atoms with van der Waals surface area (Å²) in [7, 11) is 0. The van der Waals surface area contributed by atoms with E-state index in [1.54, 1.807) is 11.5 Å². The lowest BCUT2D eigenvalue weighted by atomic mass is 10.0. The molecular weight excluding hydrogens is 332 g/mol. The van der Waals surface area contributed by atoms with E-state index in [1.807, 2.05) is 16.8 Å². The molecule has 138 valence electrons. The van der Waals surface area contributed by atoms with Gasteiger partial charge in [0.1, 0.15) is 11.4 Å². The van der Waals surface area contributed by atoms with Crippen molar-refractivity contribution in [1.82, 2.24) is 30.0 Å². The Balaban J connectivity index is 1.54. The van der Waals surface area contributed by atoms with E-state index >= 15 is 0 Å². The molecule has 0 saturated carbocycles. The molecular formula is C18H24N6O2. The van der Waals surface area contributed by atoms with Crippen LogP contribution in [0.2, 0.25) is 0 Å². The molecule has 26 heavy (non-hydrogen) atoms. The van der Waals surface area contributed by atoms with E-state index in [0.717, 1.165) is 57.0 Å². The molecule has 1 saturated heterocycles. The van der Waals surface area contributed by atoms with Crippen LogP contribution in [0.1, 0.15) is 52.9 Å². The second kappa shape index (κ2) is 7.03. The standard InChI is InChI=1S/C18H24N6O2/c1-12-6-10-23(13-4-7-19-8-5-13)18(26)16(12)17(25)20-11-15-22-21-14-3-2-9-24(14)15/h6,10,13,19H,2-5,7-9,11H2,1H3,(H,20,25). The van der Waals surface area contributed by atoms with Gasteiger partial charge in [0.05, 0.1) is 6.54 Å². The summed E-state index contributed by atoms with van der Waals surface area (Å²) in [6.07, 6.45) is 5.60. The molecule has 0 unspecified atom stereocenters. The lowest BCUT2D eigenvalue weighted by Crippen LogP contribution is -2.38. The number of nitrogens with one attached hydrogen (secondary N) is 2. The van der Waals surface area contributed by atoms with Crippen LogP contribution >= 0.6 is 0 Å². The molecule has 2 N–H and O–H groups in total. The third kappa shape index (κ3) is 3.05. The zero-order valence-electron chi connectivity index (χ0n) is 15.0. The highest BCUT2D eigenvalue weighted by molar-refractivity contribution is 5.95. The first-order chi connectivity index (χ1) is 12.6. The average molecular weight is 356 g/mol. The molecule has 2 aliphatic heterocycles. The minimum atomic E-state index is -0.342. The maximum absolute atomic E-state index is 12.9. The molecule has 0 radical (unpaired) electrons. The number of aromatic nitrogens is 4. The Bertz CT molecular complexity index is 878. The maximum Gasteiger partial charge on any atom is 0.263 e. The van der Waals surface area contributed by atoms with Crippen LogP contribution in [-0.4, -0.2) is 38.3 Å². The van der Waals surface area contributed by atoms with Gasteiger partial charge in [0.25, 0.3) is 11.5 Å². The van der Waals surface area contributed by atoms with Gasteiger partial charge in [-0.3, -0.25) is 9.59 Å². The summed E-state index contributed by atoms with van der Waals surface area (Å²) in [5.74, 6) is 1.38.